The maximum atomic E-state index is 10.7. The van der Waals surface area contributed by atoms with E-state index in [1.165, 1.54) is 6.92 Å². The number of rotatable bonds is 4. The maximum absolute atomic E-state index is 10.7. The summed E-state index contributed by atoms with van der Waals surface area (Å²) in [6.45, 7) is 3.24. The largest absolute Gasteiger partial charge is 0.393 e. The van der Waals surface area contributed by atoms with Crippen LogP contribution < -0.4 is 0 Å². The molecule has 0 spiro atoms. The zero-order chi connectivity index (χ0) is 10.3. The Bertz CT molecular complexity index is 175. The lowest BCUT2D eigenvalue weighted by molar-refractivity contribution is -0.260. The molecule has 0 radical (unpaired) electrons. The molecule has 0 bridgehead atoms. The number of aliphatic hydroxyl groups excluding tert-OH is 1. The molecule has 0 aliphatic heterocycles. The second kappa shape index (κ2) is 6.42. The first-order valence-electron chi connectivity index (χ1n) is 4.14. The molecular formula is C8H14O5. The van der Waals surface area contributed by atoms with Gasteiger partial charge in [0.05, 0.1) is 12.5 Å². The van der Waals surface area contributed by atoms with Crippen molar-refractivity contribution in [3.05, 3.63) is 0 Å². The smallest absolute Gasteiger partial charge is 0.358 e. The van der Waals surface area contributed by atoms with Gasteiger partial charge in [0.2, 0.25) is 0 Å². The molecule has 0 aromatic carbocycles. The molecule has 0 heterocycles. The standard InChI is InChI=1S/C8H14O5/c1-3-4-7(10)12-13-8(11)5-6(2)9/h6,9H,3-5H2,1-2H3. The predicted molar refractivity (Wildman–Crippen MR) is 43.4 cm³/mol. The molecule has 0 aromatic heterocycles. The Hall–Kier alpha value is -1.10. The van der Waals surface area contributed by atoms with Gasteiger partial charge in [-0.2, -0.15) is 0 Å². The van der Waals surface area contributed by atoms with Gasteiger partial charge < -0.3 is 5.11 Å². The van der Waals surface area contributed by atoms with Gasteiger partial charge in [-0.3, -0.25) is 0 Å². The summed E-state index contributed by atoms with van der Waals surface area (Å²) in [6, 6.07) is 0. The molecule has 0 aromatic rings. The summed E-state index contributed by atoms with van der Waals surface area (Å²) in [4.78, 5) is 29.6. The van der Waals surface area contributed by atoms with Crippen molar-refractivity contribution in [3.63, 3.8) is 0 Å². The molecule has 0 saturated carbocycles. The van der Waals surface area contributed by atoms with Crippen LogP contribution in [0.1, 0.15) is 33.1 Å². The molecule has 0 aliphatic rings. The van der Waals surface area contributed by atoms with Gasteiger partial charge in [0.25, 0.3) is 0 Å². The highest BCUT2D eigenvalue weighted by Crippen LogP contribution is 1.96. The summed E-state index contributed by atoms with van der Waals surface area (Å²) >= 11 is 0. The summed E-state index contributed by atoms with van der Waals surface area (Å²) < 4.78 is 0. The van der Waals surface area contributed by atoms with Crippen LogP contribution >= 0.6 is 0 Å². The van der Waals surface area contributed by atoms with E-state index in [0.717, 1.165) is 0 Å². The second-order valence-electron chi connectivity index (χ2n) is 2.71. The number of carbonyl (C=O) groups is 2. The van der Waals surface area contributed by atoms with E-state index >= 15 is 0 Å². The molecular weight excluding hydrogens is 176 g/mol. The van der Waals surface area contributed by atoms with Gasteiger partial charge in [0, 0.05) is 6.42 Å². The van der Waals surface area contributed by atoms with Crippen LogP contribution in [0.25, 0.3) is 0 Å². The van der Waals surface area contributed by atoms with Gasteiger partial charge in [-0.25, -0.2) is 19.4 Å². The fourth-order valence-corrected chi connectivity index (χ4v) is 0.614. The van der Waals surface area contributed by atoms with E-state index in [4.69, 9.17) is 5.11 Å². The fourth-order valence-electron chi connectivity index (χ4n) is 0.614. The van der Waals surface area contributed by atoms with Crippen molar-refractivity contribution >= 4 is 11.9 Å². The van der Waals surface area contributed by atoms with Gasteiger partial charge >= 0.3 is 11.9 Å². The maximum Gasteiger partial charge on any atom is 0.358 e. The van der Waals surface area contributed by atoms with Crippen molar-refractivity contribution in [1.82, 2.24) is 0 Å². The van der Waals surface area contributed by atoms with Crippen LogP contribution in [-0.2, 0) is 19.4 Å². The summed E-state index contributed by atoms with van der Waals surface area (Å²) in [5.74, 6) is -1.33. The van der Waals surface area contributed by atoms with Crippen molar-refractivity contribution in [2.75, 3.05) is 0 Å². The lowest BCUT2D eigenvalue weighted by Gasteiger charge is -2.03. The molecule has 13 heavy (non-hydrogen) atoms. The van der Waals surface area contributed by atoms with E-state index in [-0.39, 0.29) is 12.8 Å². The minimum Gasteiger partial charge on any atom is -0.393 e. The zero-order valence-electron chi connectivity index (χ0n) is 7.78. The first-order valence-corrected chi connectivity index (χ1v) is 4.14. The third-order valence-electron chi connectivity index (χ3n) is 1.14. The second-order valence-corrected chi connectivity index (χ2v) is 2.71. The minimum atomic E-state index is -0.794. The van der Waals surface area contributed by atoms with E-state index in [1.807, 2.05) is 0 Å². The van der Waals surface area contributed by atoms with E-state index in [0.29, 0.717) is 6.42 Å². The molecule has 76 valence electrons. The van der Waals surface area contributed by atoms with Crippen molar-refractivity contribution in [2.45, 2.75) is 39.2 Å². The summed E-state index contributed by atoms with van der Waals surface area (Å²) in [7, 11) is 0. The lowest BCUT2D eigenvalue weighted by Crippen LogP contribution is -2.15. The first-order chi connectivity index (χ1) is 6.06. The molecule has 0 rings (SSSR count). The van der Waals surface area contributed by atoms with E-state index in [2.05, 4.69) is 9.78 Å². The summed E-state index contributed by atoms with van der Waals surface area (Å²) in [5.41, 5.74) is 0. The van der Waals surface area contributed by atoms with Crippen LogP contribution in [0, 0.1) is 0 Å². The monoisotopic (exact) mass is 190 g/mol. The number of hydrogen-bond donors (Lipinski definition) is 1. The highest BCUT2D eigenvalue weighted by molar-refractivity contribution is 5.72. The third kappa shape index (κ3) is 7.27. The fraction of sp³-hybridized carbons (Fsp3) is 0.750. The van der Waals surface area contributed by atoms with E-state index < -0.39 is 18.0 Å². The van der Waals surface area contributed by atoms with Crippen LogP contribution in [0.4, 0.5) is 0 Å². The van der Waals surface area contributed by atoms with Crippen molar-refractivity contribution in [3.8, 4) is 0 Å². The molecule has 5 nitrogen and oxygen atoms in total. The molecule has 0 fully saturated rings. The minimum absolute atomic E-state index is 0.181. The molecule has 1 atom stereocenters. The first kappa shape index (κ1) is 11.9. The normalized spacial score (nSPS) is 11.9. The molecule has 0 amide bonds. The number of hydrogen-bond acceptors (Lipinski definition) is 5. The van der Waals surface area contributed by atoms with E-state index in [1.54, 1.807) is 6.92 Å². The summed E-state index contributed by atoms with van der Waals surface area (Å²) in [6.07, 6.45) is -0.133. The Morgan fingerprint density at radius 1 is 1.31 bits per heavy atom. The van der Waals surface area contributed by atoms with Crippen LogP contribution in [0.2, 0.25) is 0 Å². The number of aliphatic hydroxyl groups is 1. The van der Waals surface area contributed by atoms with E-state index in [9.17, 15) is 9.59 Å². The van der Waals surface area contributed by atoms with Gasteiger partial charge in [-0.05, 0) is 13.3 Å². The Kier molecular flexibility index (Phi) is 5.88. The molecule has 1 N–H and O–H groups in total. The van der Waals surface area contributed by atoms with Crippen molar-refractivity contribution < 1.29 is 24.5 Å². The highest BCUT2D eigenvalue weighted by atomic mass is 17.2. The average molecular weight is 190 g/mol. The van der Waals surface area contributed by atoms with Gasteiger partial charge in [-0.1, -0.05) is 6.92 Å². The van der Waals surface area contributed by atoms with Crippen LogP contribution in [-0.4, -0.2) is 23.1 Å². The summed E-state index contributed by atoms with van der Waals surface area (Å²) in [5, 5.41) is 8.75. The molecule has 0 saturated heterocycles. The third-order valence-corrected chi connectivity index (χ3v) is 1.14. The van der Waals surface area contributed by atoms with Crippen molar-refractivity contribution in [1.29, 1.82) is 0 Å². The molecule has 1 unspecified atom stereocenters. The quantitative estimate of drug-likeness (QED) is 0.518. The number of carbonyl (C=O) groups excluding carboxylic acids is 2. The van der Waals surface area contributed by atoms with Crippen molar-refractivity contribution in [2.24, 2.45) is 0 Å². The van der Waals surface area contributed by atoms with Crippen LogP contribution in [0.15, 0.2) is 0 Å². The Morgan fingerprint density at radius 3 is 2.31 bits per heavy atom. The molecule has 5 heteroatoms. The predicted octanol–water partition coefficient (Wildman–Crippen LogP) is 0.559. The van der Waals surface area contributed by atoms with Gasteiger partial charge in [0.1, 0.15) is 0 Å². The molecule has 0 aliphatic carbocycles. The van der Waals surface area contributed by atoms with Gasteiger partial charge in [0.15, 0.2) is 0 Å². The van der Waals surface area contributed by atoms with Crippen LogP contribution in [0.3, 0.4) is 0 Å². The Morgan fingerprint density at radius 2 is 1.85 bits per heavy atom. The SMILES string of the molecule is CCCC(=O)OOC(=O)CC(C)O. The lowest BCUT2D eigenvalue weighted by atomic mass is 10.3. The average Bonchev–Trinajstić information content (AvgIpc) is 2.00. The Balaban J connectivity index is 3.52. The highest BCUT2D eigenvalue weighted by Gasteiger charge is 2.11. The van der Waals surface area contributed by atoms with Crippen LogP contribution in [0.5, 0.6) is 0 Å². The Labute approximate surface area is 76.6 Å². The topological polar surface area (TPSA) is 72.8 Å². The van der Waals surface area contributed by atoms with Gasteiger partial charge in [-0.15, -0.1) is 0 Å². The zero-order valence-corrected chi connectivity index (χ0v) is 7.78.